The lowest BCUT2D eigenvalue weighted by molar-refractivity contribution is 0.323. The van der Waals surface area contributed by atoms with Crippen molar-refractivity contribution in [3.63, 3.8) is 0 Å². The zero-order chi connectivity index (χ0) is 16.3. The fourth-order valence-corrected chi connectivity index (χ4v) is 4.05. The molecule has 3 heterocycles. The fraction of sp³-hybridized carbons (Fsp3) is 0.500. The molecule has 0 bridgehead atoms. The van der Waals surface area contributed by atoms with Gasteiger partial charge in [-0.05, 0) is 44.6 Å². The lowest BCUT2D eigenvalue weighted by atomic mass is 9.91. The van der Waals surface area contributed by atoms with Crippen LogP contribution in [-0.4, -0.2) is 25.6 Å². The maximum absolute atomic E-state index is 13.2. The Morgan fingerprint density at radius 1 is 1.17 bits per heavy atom. The maximum atomic E-state index is 13.2. The molecule has 0 aliphatic heterocycles. The third kappa shape index (κ3) is 2.09. The first-order valence-electron chi connectivity index (χ1n) is 8.86. The van der Waals surface area contributed by atoms with Crippen LogP contribution in [0.1, 0.15) is 56.2 Å². The first kappa shape index (κ1) is 14.2. The number of hydrogen-bond donors (Lipinski definition) is 2. The highest BCUT2D eigenvalue weighted by Crippen LogP contribution is 2.39. The van der Waals surface area contributed by atoms with Gasteiger partial charge in [-0.25, -0.2) is 9.97 Å². The van der Waals surface area contributed by atoms with Gasteiger partial charge in [0.1, 0.15) is 16.9 Å². The van der Waals surface area contributed by atoms with Crippen LogP contribution in [0.3, 0.4) is 0 Å². The summed E-state index contributed by atoms with van der Waals surface area (Å²) >= 11 is 0. The predicted molar refractivity (Wildman–Crippen MR) is 93.1 cm³/mol. The van der Waals surface area contributed by atoms with Crippen LogP contribution in [0.2, 0.25) is 0 Å². The molecule has 0 aromatic carbocycles. The van der Waals surface area contributed by atoms with Gasteiger partial charge in [0.2, 0.25) is 0 Å². The molecule has 2 saturated carbocycles. The molecule has 6 nitrogen and oxygen atoms in total. The summed E-state index contributed by atoms with van der Waals surface area (Å²) in [5.74, 6) is 0.334. The molecule has 0 radical (unpaired) electrons. The van der Waals surface area contributed by atoms with E-state index in [4.69, 9.17) is 10.7 Å². The number of aromatic amines is 1. The van der Waals surface area contributed by atoms with Crippen molar-refractivity contribution in [1.82, 2.24) is 19.5 Å². The topological polar surface area (TPSA) is 89.6 Å². The Morgan fingerprint density at radius 3 is 2.71 bits per heavy atom. The van der Waals surface area contributed by atoms with Gasteiger partial charge in [0.25, 0.3) is 5.56 Å². The molecule has 2 aliphatic carbocycles. The number of pyridine rings is 1. The van der Waals surface area contributed by atoms with E-state index in [1.54, 1.807) is 6.20 Å². The van der Waals surface area contributed by atoms with Crippen LogP contribution in [-0.2, 0) is 0 Å². The molecule has 0 saturated heterocycles. The van der Waals surface area contributed by atoms with Crippen LogP contribution in [0.25, 0.3) is 22.1 Å². The van der Waals surface area contributed by atoms with E-state index in [1.807, 2.05) is 16.8 Å². The lowest BCUT2D eigenvalue weighted by Crippen LogP contribution is -2.34. The Labute approximate surface area is 139 Å². The summed E-state index contributed by atoms with van der Waals surface area (Å²) < 4.78 is 2.01. The van der Waals surface area contributed by atoms with Crippen LogP contribution in [0.15, 0.2) is 23.3 Å². The second-order valence-electron chi connectivity index (χ2n) is 7.25. The van der Waals surface area contributed by atoms with Crippen LogP contribution >= 0.6 is 0 Å². The van der Waals surface area contributed by atoms with Crippen LogP contribution in [0.5, 0.6) is 0 Å². The van der Waals surface area contributed by atoms with Crippen LogP contribution < -0.4 is 11.3 Å². The Kier molecular flexibility index (Phi) is 3.03. The molecule has 0 amide bonds. The molecule has 2 aliphatic rings. The van der Waals surface area contributed by atoms with Gasteiger partial charge in [0, 0.05) is 29.6 Å². The monoisotopic (exact) mass is 323 g/mol. The molecule has 0 spiro atoms. The lowest BCUT2D eigenvalue weighted by Gasteiger charge is -2.29. The molecular formula is C18H21N5O. The van der Waals surface area contributed by atoms with Gasteiger partial charge in [-0.1, -0.05) is 0 Å². The SMILES string of the molecule is NC1CCC(n2c(=O)c(C3CC3)nc3cnc4[nH]ccc4c32)CC1. The zero-order valence-electron chi connectivity index (χ0n) is 13.5. The molecule has 3 aromatic rings. The van der Waals surface area contributed by atoms with E-state index >= 15 is 0 Å². The Hall–Kier alpha value is -2.21. The number of hydrogen-bond acceptors (Lipinski definition) is 4. The molecule has 24 heavy (non-hydrogen) atoms. The normalized spacial score (nSPS) is 24.7. The fourth-order valence-electron chi connectivity index (χ4n) is 4.05. The van der Waals surface area contributed by atoms with Crippen molar-refractivity contribution in [2.75, 3.05) is 0 Å². The van der Waals surface area contributed by atoms with Crippen molar-refractivity contribution >= 4 is 22.1 Å². The summed E-state index contributed by atoms with van der Waals surface area (Å²) in [4.78, 5) is 25.6. The predicted octanol–water partition coefficient (Wildman–Crippen LogP) is 2.59. The molecular weight excluding hydrogens is 302 g/mol. The summed E-state index contributed by atoms with van der Waals surface area (Å²) in [5, 5.41) is 0.981. The summed E-state index contributed by atoms with van der Waals surface area (Å²) in [6.45, 7) is 0. The average molecular weight is 323 g/mol. The van der Waals surface area contributed by atoms with Gasteiger partial charge in [-0.15, -0.1) is 0 Å². The Bertz CT molecular complexity index is 976. The van der Waals surface area contributed by atoms with Gasteiger partial charge in [-0.3, -0.25) is 4.79 Å². The highest BCUT2D eigenvalue weighted by molar-refractivity contribution is 6.00. The smallest absolute Gasteiger partial charge is 0.273 e. The standard InChI is InChI=1S/C18H21N5O/c19-11-3-5-12(6-4-11)23-16-13-7-8-20-17(13)21-9-14(16)22-15(18(23)24)10-1-2-10/h7-12H,1-6,19H2,(H,20,21). The highest BCUT2D eigenvalue weighted by atomic mass is 16.1. The first-order valence-corrected chi connectivity index (χ1v) is 8.86. The highest BCUT2D eigenvalue weighted by Gasteiger charge is 2.32. The van der Waals surface area contributed by atoms with Gasteiger partial charge in [0.15, 0.2) is 0 Å². The second kappa shape index (κ2) is 5.14. The molecule has 0 unspecified atom stereocenters. The number of H-pyrrole nitrogens is 1. The first-order chi connectivity index (χ1) is 11.7. The number of fused-ring (bicyclic) bond motifs is 3. The summed E-state index contributed by atoms with van der Waals surface area (Å²) in [6, 6.07) is 2.47. The second-order valence-corrected chi connectivity index (χ2v) is 7.25. The number of rotatable bonds is 2. The summed E-state index contributed by atoms with van der Waals surface area (Å²) in [6.07, 6.45) is 9.67. The largest absolute Gasteiger partial charge is 0.346 e. The van der Waals surface area contributed by atoms with Gasteiger partial charge < -0.3 is 15.3 Å². The van der Waals surface area contributed by atoms with Gasteiger partial charge >= 0.3 is 0 Å². The average Bonchev–Trinajstić information content (AvgIpc) is 3.32. The molecule has 3 aromatic heterocycles. The maximum Gasteiger partial charge on any atom is 0.273 e. The number of nitrogens with zero attached hydrogens (tertiary/aromatic N) is 3. The minimum atomic E-state index is 0.0965. The molecule has 5 rings (SSSR count). The Morgan fingerprint density at radius 2 is 1.96 bits per heavy atom. The van der Waals surface area contributed by atoms with Crippen molar-refractivity contribution in [2.45, 2.75) is 56.5 Å². The van der Waals surface area contributed by atoms with E-state index in [9.17, 15) is 4.79 Å². The van der Waals surface area contributed by atoms with E-state index in [2.05, 4.69) is 9.97 Å². The van der Waals surface area contributed by atoms with Crippen LogP contribution in [0.4, 0.5) is 0 Å². The van der Waals surface area contributed by atoms with E-state index < -0.39 is 0 Å². The molecule has 3 N–H and O–H groups in total. The van der Waals surface area contributed by atoms with Crippen molar-refractivity contribution in [3.05, 3.63) is 34.5 Å². The molecule has 2 fully saturated rings. The molecule has 124 valence electrons. The Balaban J connectivity index is 1.81. The van der Waals surface area contributed by atoms with E-state index in [0.29, 0.717) is 5.92 Å². The number of nitrogens with two attached hydrogens (primary N) is 1. The number of aromatic nitrogens is 4. The van der Waals surface area contributed by atoms with E-state index in [1.165, 1.54) is 0 Å². The van der Waals surface area contributed by atoms with Gasteiger partial charge in [0.05, 0.1) is 11.7 Å². The summed E-state index contributed by atoms with van der Waals surface area (Å²) in [7, 11) is 0. The number of nitrogens with one attached hydrogen (secondary N) is 1. The van der Waals surface area contributed by atoms with Crippen molar-refractivity contribution < 1.29 is 0 Å². The van der Waals surface area contributed by atoms with E-state index in [0.717, 1.165) is 66.3 Å². The quantitative estimate of drug-likeness (QED) is 0.758. The molecule has 0 atom stereocenters. The third-order valence-electron chi connectivity index (χ3n) is 5.53. The zero-order valence-corrected chi connectivity index (χ0v) is 13.5. The molecule has 6 heteroatoms. The third-order valence-corrected chi connectivity index (χ3v) is 5.53. The van der Waals surface area contributed by atoms with Crippen LogP contribution in [0, 0.1) is 0 Å². The van der Waals surface area contributed by atoms with E-state index in [-0.39, 0.29) is 17.6 Å². The van der Waals surface area contributed by atoms with Crippen molar-refractivity contribution in [1.29, 1.82) is 0 Å². The van der Waals surface area contributed by atoms with Gasteiger partial charge in [-0.2, -0.15) is 0 Å². The minimum Gasteiger partial charge on any atom is -0.346 e. The summed E-state index contributed by atoms with van der Waals surface area (Å²) in [5.41, 5.74) is 9.47. The van der Waals surface area contributed by atoms with Crippen molar-refractivity contribution in [3.8, 4) is 0 Å². The minimum absolute atomic E-state index is 0.0965. The van der Waals surface area contributed by atoms with Crippen molar-refractivity contribution in [2.24, 2.45) is 5.73 Å².